The number of ether oxygens (including phenoxy) is 1. The predicted molar refractivity (Wildman–Crippen MR) is 76.5 cm³/mol. The van der Waals surface area contributed by atoms with E-state index in [1.807, 2.05) is 0 Å². The van der Waals surface area contributed by atoms with Crippen LogP contribution in [0.25, 0.3) is 0 Å². The van der Waals surface area contributed by atoms with E-state index in [9.17, 15) is 14.4 Å². The number of hydrogen-bond donors (Lipinski definition) is 1. The molecule has 2 heterocycles. The molecule has 1 saturated heterocycles. The number of nitrogens with one attached hydrogen (secondary N) is 1. The van der Waals surface area contributed by atoms with Crippen molar-refractivity contribution in [2.45, 2.75) is 25.8 Å². The molecular formula is C15H20N2O5. The molecule has 0 spiro atoms. The van der Waals surface area contributed by atoms with E-state index >= 15 is 0 Å². The molecule has 120 valence electrons. The number of rotatable bonds is 7. The number of furan rings is 1. The van der Waals surface area contributed by atoms with Crippen LogP contribution in [0.2, 0.25) is 0 Å². The monoisotopic (exact) mass is 308 g/mol. The van der Waals surface area contributed by atoms with Gasteiger partial charge >= 0.3 is 5.97 Å². The molecule has 0 aromatic carbocycles. The van der Waals surface area contributed by atoms with Gasteiger partial charge in [0, 0.05) is 25.9 Å². The van der Waals surface area contributed by atoms with Crippen molar-refractivity contribution >= 4 is 17.8 Å². The molecule has 22 heavy (non-hydrogen) atoms. The summed E-state index contributed by atoms with van der Waals surface area (Å²) >= 11 is 0. The lowest BCUT2D eigenvalue weighted by molar-refractivity contribution is -0.140. The van der Waals surface area contributed by atoms with E-state index in [4.69, 9.17) is 4.42 Å². The van der Waals surface area contributed by atoms with Gasteiger partial charge in [-0.1, -0.05) is 0 Å². The number of nitrogens with zero attached hydrogens (tertiary/aromatic N) is 1. The average Bonchev–Trinajstić information content (AvgIpc) is 3.14. The number of esters is 1. The Kier molecular flexibility index (Phi) is 5.57. The molecule has 1 fully saturated rings. The topological polar surface area (TPSA) is 88.8 Å². The Balaban J connectivity index is 1.73. The fraction of sp³-hybridized carbons (Fsp3) is 0.533. The van der Waals surface area contributed by atoms with E-state index in [2.05, 4.69) is 10.1 Å². The van der Waals surface area contributed by atoms with Gasteiger partial charge in [0.25, 0.3) is 0 Å². The van der Waals surface area contributed by atoms with Gasteiger partial charge in [0.2, 0.25) is 11.8 Å². The zero-order chi connectivity index (χ0) is 15.9. The van der Waals surface area contributed by atoms with Gasteiger partial charge in [0.1, 0.15) is 5.76 Å². The first kappa shape index (κ1) is 16.1. The van der Waals surface area contributed by atoms with Gasteiger partial charge in [-0.25, -0.2) is 0 Å². The van der Waals surface area contributed by atoms with E-state index in [0.29, 0.717) is 31.8 Å². The van der Waals surface area contributed by atoms with Crippen LogP contribution in [0.15, 0.2) is 22.8 Å². The first-order valence-electron chi connectivity index (χ1n) is 7.25. The summed E-state index contributed by atoms with van der Waals surface area (Å²) < 4.78 is 9.74. The Morgan fingerprint density at radius 2 is 2.32 bits per heavy atom. The lowest BCUT2D eigenvalue weighted by Crippen LogP contribution is -2.33. The number of hydrogen-bond acceptors (Lipinski definition) is 5. The molecule has 0 bridgehead atoms. The summed E-state index contributed by atoms with van der Waals surface area (Å²) in [4.78, 5) is 36.5. The van der Waals surface area contributed by atoms with E-state index in [0.717, 1.165) is 0 Å². The van der Waals surface area contributed by atoms with Gasteiger partial charge in [-0.2, -0.15) is 0 Å². The molecule has 1 N–H and O–H groups in total. The number of carbonyl (C=O) groups excluding carboxylic acids is 3. The molecule has 7 heteroatoms. The Morgan fingerprint density at radius 1 is 1.50 bits per heavy atom. The second-order valence-corrected chi connectivity index (χ2v) is 5.23. The third kappa shape index (κ3) is 4.34. The van der Waals surface area contributed by atoms with Gasteiger partial charge < -0.3 is 19.4 Å². The summed E-state index contributed by atoms with van der Waals surface area (Å²) in [6.07, 6.45) is 2.56. The Hall–Kier alpha value is -2.31. The molecule has 0 radical (unpaired) electrons. The van der Waals surface area contributed by atoms with E-state index in [1.165, 1.54) is 7.11 Å². The summed E-state index contributed by atoms with van der Waals surface area (Å²) in [5, 5.41) is 2.75. The standard InChI is InChI=1S/C15H20N2O5/c1-21-14(19)5-2-6-16-15(20)11-8-13(18)17(9-11)10-12-4-3-7-22-12/h3-4,7,11H,2,5-6,8-10H2,1H3,(H,16,20). The molecule has 1 aliphatic heterocycles. The van der Waals surface area contributed by atoms with Crippen LogP contribution >= 0.6 is 0 Å². The first-order chi connectivity index (χ1) is 10.6. The van der Waals surface area contributed by atoms with Crippen LogP contribution in [0.3, 0.4) is 0 Å². The zero-order valence-corrected chi connectivity index (χ0v) is 12.5. The van der Waals surface area contributed by atoms with Crippen LogP contribution in [0.4, 0.5) is 0 Å². The Labute approximate surface area is 128 Å². The Morgan fingerprint density at radius 3 is 3.00 bits per heavy atom. The van der Waals surface area contributed by atoms with Crippen molar-refractivity contribution in [2.24, 2.45) is 5.92 Å². The number of carbonyl (C=O) groups is 3. The average molecular weight is 308 g/mol. The second kappa shape index (κ2) is 7.63. The molecule has 1 atom stereocenters. The van der Waals surface area contributed by atoms with Gasteiger partial charge in [0.05, 0.1) is 25.8 Å². The van der Waals surface area contributed by atoms with E-state index in [1.54, 1.807) is 23.3 Å². The van der Waals surface area contributed by atoms with Gasteiger partial charge in [-0.05, 0) is 18.6 Å². The highest BCUT2D eigenvalue weighted by atomic mass is 16.5. The normalized spacial score (nSPS) is 17.6. The molecule has 7 nitrogen and oxygen atoms in total. The molecule has 1 aromatic rings. The molecular weight excluding hydrogens is 288 g/mol. The minimum absolute atomic E-state index is 0.0499. The number of likely N-dealkylation sites (tertiary alicyclic amines) is 1. The van der Waals surface area contributed by atoms with Crippen molar-refractivity contribution in [2.75, 3.05) is 20.2 Å². The van der Waals surface area contributed by atoms with Crippen LogP contribution in [0.5, 0.6) is 0 Å². The van der Waals surface area contributed by atoms with Crippen molar-refractivity contribution in [1.29, 1.82) is 0 Å². The highest BCUT2D eigenvalue weighted by Gasteiger charge is 2.34. The van der Waals surface area contributed by atoms with Crippen molar-refractivity contribution in [1.82, 2.24) is 10.2 Å². The molecule has 1 aliphatic rings. The molecule has 0 aliphatic carbocycles. The van der Waals surface area contributed by atoms with E-state index < -0.39 is 0 Å². The summed E-state index contributed by atoms with van der Waals surface area (Å²) in [5.74, 6) is -0.144. The maximum Gasteiger partial charge on any atom is 0.305 e. The predicted octanol–water partition coefficient (Wildman–Crippen LogP) is 0.698. The number of methoxy groups -OCH3 is 1. The smallest absolute Gasteiger partial charge is 0.305 e. The molecule has 2 amide bonds. The minimum atomic E-state index is -0.347. The SMILES string of the molecule is COC(=O)CCCNC(=O)C1CC(=O)N(Cc2ccco2)C1. The third-order valence-electron chi connectivity index (χ3n) is 3.60. The fourth-order valence-corrected chi connectivity index (χ4v) is 2.38. The van der Waals surface area contributed by atoms with Crippen molar-refractivity contribution in [3.05, 3.63) is 24.2 Å². The van der Waals surface area contributed by atoms with Crippen LogP contribution in [-0.4, -0.2) is 42.9 Å². The summed E-state index contributed by atoms with van der Waals surface area (Å²) in [7, 11) is 1.33. The molecule has 1 unspecified atom stereocenters. The van der Waals surface area contributed by atoms with Crippen molar-refractivity contribution in [3.63, 3.8) is 0 Å². The summed E-state index contributed by atoms with van der Waals surface area (Å²) in [6.45, 7) is 1.18. The van der Waals surface area contributed by atoms with Gasteiger partial charge in [-0.3, -0.25) is 14.4 Å². The van der Waals surface area contributed by atoms with Crippen LogP contribution < -0.4 is 5.32 Å². The third-order valence-corrected chi connectivity index (χ3v) is 3.60. The van der Waals surface area contributed by atoms with Gasteiger partial charge in [-0.15, -0.1) is 0 Å². The molecule has 0 saturated carbocycles. The van der Waals surface area contributed by atoms with Crippen LogP contribution in [-0.2, 0) is 25.7 Å². The lowest BCUT2D eigenvalue weighted by atomic mass is 10.1. The van der Waals surface area contributed by atoms with Gasteiger partial charge in [0.15, 0.2) is 0 Å². The van der Waals surface area contributed by atoms with Crippen LogP contribution in [0, 0.1) is 5.92 Å². The minimum Gasteiger partial charge on any atom is -0.469 e. The second-order valence-electron chi connectivity index (χ2n) is 5.23. The first-order valence-corrected chi connectivity index (χ1v) is 7.25. The molecule has 2 rings (SSSR count). The quantitative estimate of drug-likeness (QED) is 0.591. The van der Waals surface area contributed by atoms with Crippen LogP contribution in [0.1, 0.15) is 25.0 Å². The highest BCUT2D eigenvalue weighted by molar-refractivity contribution is 5.89. The number of amides is 2. The van der Waals surface area contributed by atoms with Crippen molar-refractivity contribution in [3.8, 4) is 0 Å². The fourth-order valence-electron chi connectivity index (χ4n) is 2.38. The van der Waals surface area contributed by atoms with Crippen molar-refractivity contribution < 1.29 is 23.5 Å². The highest BCUT2D eigenvalue weighted by Crippen LogP contribution is 2.20. The summed E-state index contributed by atoms with van der Waals surface area (Å²) in [5.41, 5.74) is 0. The summed E-state index contributed by atoms with van der Waals surface area (Å²) in [6, 6.07) is 3.56. The Bertz CT molecular complexity index is 526. The largest absolute Gasteiger partial charge is 0.469 e. The zero-order valence-electron chi connectivity index (χ0n) is 12.5. The molecule has 1 aromatic heterocycles. The maximum absolute atomic E-state index is 12.0. The maximum atomic E-state index is 12.0. The van der Waals surface area contributed by atoms with E-state index in [-0.39, 0.29) is 36.5 Å². The lowest BCUT2D eigenvalue weighted by Gasteiger charge is -2.15.